The van der Waals surface area contributed by atoms with Gasteiger partial charge in [-0.1, -0.05) is 83.8 Å². The fourth-order valence-electron chi connectivity index (χ4n) is 3.28. The first kappa shape index (κ1) is 20.7. The molecular weight excluding hydrogens is 468 g/mol. The zero-order valence-corrected chi connectivity index (χ0v) is 19.6. The molecule has 0 saturated heterocycles. The van der Waals surface area contributed by atoms with Gasteiger partial charge in [-0.3, -0.25) is 0 Å². The highest BCUT2D eigenvalue weighted by molar-refractivity contribution is 9.12. The van der Waals surface area contributed by atoms with Crippen LogP contribution in [0.15, 0.2) is 36.4 Å². The van der Waals surface area contributed by atoms with Crippen molar-refractivity contribution in [3.8, 4) is 11.5 Å². The van der Waals surface area contributed by atoms with Crippen molar-refractivity contribution in [3.63, 3.8) is 0 Å². The molecule has 4 heteroatoms. The van der Waals surface area contributed by atoms with E-state index in [0.29, 0.717) is 25.0 Å². The van der Waals surface area contributed by atoms with Gasteiger partial charge in [0.2, 0.25) is 0 Å². The summed E-state index contributed by atoms with van der Waals surface area (Å²) in [6.45, 7) is 10.2. The highest BCUT2D eigenvalue weighted by atomic mass is 79.9. The lowest BCUT2D eigenvalue weighted by molar-refractivity contribution is 0.246. The number of alkyl halides is 2. The van der Waals surface area contributed by atoms with E-state index in [1.165, 1.54) is 22.3 Å². The van der Waals surface area contributed by atoms with Crippen LogP contribution in [0.4, 0.5) is 0 Å². The second-order valence-electron chi connectivity index (χ2n) is 7.76. The fourth-order valence-corrected chi connectivity index (χ4v) is 4.57. The lowest BCUT2D eigenvalue weighted by Gasteiger charge is -2.23. The maximum Gasteiger partial charge on any atom is 0.123 e. The summed E-state index contributed by atoms with van der Waals surface area (Å²) in [5.41, 5.74) is 5.02. The molecule has 0 fully saturated rings. The van der Waals surface area contributed by atoms with E-state index in [9.17, 15) is 0 Å². The molecule has 146 valence electrons. The average Bonchev–Trinajstić information content (AvgIpc) is 2.67. The molecule has 0 radical (unpaired) electrons. The number of benzene rings is 2. The van der Waals surface area contributed by atoms with Crippen molar-refractivity contribution in [1.29, 1.82) is 0 Å². The van der Waals surface area contributed by atoms with E-state index in [-0.39, 0.29) is 9.65 Å². The molecule has 2 atom stereocenters. The molecule has 1 aliphatic rings. The molecule has 2 nitrogen and oxygen atoms in total. The van der Waals surface area contributed by atoms with Crippen LogP contribution in [-0.2, 0) is 0 Å². The first-order valence-corrected chi connectivity index (χ1v) is 11.5. The Balaban J connectivity index is 2.08. The Morgan fingerprint density at radius 1 is 0.741 bits per heavy atom. The second-order valence-corrected chi connectivity index (χ2v) is 9.73. The molecule has 0 aromatic heterocycles. The lowest BCUT2D eigenvalue weighted by Crippen LogP contribution is -2.06. The molecule has 0 N–H and O–H groups in total. The molecule has 0 aliphatic carbocycles. The van der Waals surface area contributed by atoms with Crippen LogP contribution in [0.5, 0.6) is 11.5 Å². The Morgan fingerprint density at radius 2 is 1.15 bits per heavy atom. The summed E-state index contributed by atoms with van der Waals surface area (Å²) >= 11 is 7.91. The second kappa shape index (κ2) is 9.00. The van der Waals surface area contributed by atoms with E-state index < -0.39 is 0 Å². The van der Waals surface area contributed by atoms with Gasteiger partial charge < -0.3 is 9.47 Å². The number of rotatable bonds is 2. The molecule has 0 bridgehead atoms. The van der Waals surface area contributed by atoms with Crippen LogP contribution in [-0.4, -0.2) is 13.2 Å². The van der Waals surface area contributed by atoms with Gasteiger partial charge in [-0.2, -0.15) is 0 Å². The lowest BCUT2D eigenvalue weighted by atomic mass is 9.94. The SMILES string of the molecule is CC(C)c1ccc2c(c1)C(Br)C(Br)c1cc(C(C)C)ccc1OCCCO2. The van der Waals surface area contributed by atoms with Crippen LogP contribution in [0.25, 0.3) is 0 Å². The van der Waals surface area contributed by atoms with Crippen molar-refractivity contribution in [1.82, 2.24) is 0 Å². The molecule has 2 unspecified atom stereocenters. The molecule has 0 spiro atoms. The molecule has 2 aromatic rings. The van der Waals surface area contributed by atoms with E-state index in [1.54, 1.807) is 0 Å². The van der Waals surface area contributed by atoms with Gasteiger partial charge >= 0.3 is 0 Å². The maximum absolute atomic E-state index is 6.10. The van der Waals surface area contributed by atoms with Crippen molar-refractivity contribution in [2.24, 2.45) is 0 Å². The number of ether oxygens (including phenoxy) is 2. The Morgan fingerprint density at radius 3 is 1.52 bits per heavy atom. The average molecular weight is 496 g/mol. The molecular formula is C23H28Br2O2. The summed E-state index contributed by atoms with van der Waals surface area (Å²) in [5, 5.41) is 0. The van der Waals surface area contributed by atoms with Crippen LogP contribution in [0, 0.1) is 0 Å². The van der Waals surface area contributed by atoms with E-state index >= 15 is 0 Å². The summed E-state index contributed by atoms with van der Waals surface area (Å²) in [4.78, 5) is 0.156. The number of fused-ring (bicyclic) bond motifs is 2. The van der Waals surface area contributed by atoms with Crippen molar-refractivity contribution in [2.45, 2.75) is 55.6 Å². The summed E-state index contributed by atoms with van der Waals surface area (Å²) in [5.74, 6) is 2.86. The van der Waals surface area contributed by atoms with E-state index in [1.807, 2.05) is 0 Å². The molecule has 0 amide bonds. The fraction of sp³-hybridized carbons (Fsp3) is 0.478. The van der Waals surface area contributed by atoms with Gasteiger partial charge in [-0.05, 0) is 35.1 Å². The van der Waals surface area contributed by atoms with Gasteiger partial charge in [0.05, 0.1) is 22.9 Å². The van der Waals surface area contributed by atoms with Crippen LogP contribution >= 0.6 is 31.9 Å². The van der Waals surface area contributed by atoms with Gasteiger partial charge in [-0.25, -0.2) is 0 Å². The third kappa shape index (κ3) is 4.71. The summed E-state index contributed by atoms with van der Waals surface area (Å²) in [7, 11) is 0. The third-order valence-electron chi connectivity index (χ3n) is 5.06. The van der Waals surface area contributed by atoms with Crippen LogP contribution < -0.4 is 9.47 Å². The smallest absolute Gasteiger partial charge is 0.123 e. The van der Waals surface area contributed by atoms with Gasteiger partial charge in [-0.15, -0.1) is 0 Å². The van der Waals surface area contributed by atoms with Gasteiger partial charge in [0.1, 0.15) is 11.5 Å². The molecule has 27 heavy (non-hydrogen) atoms. The summed E-state index contributed by atoms with van der Waals surface area (Å²) in [6.07, 6.45) is 0.858. The quantitative estimate of drug-likeness (QED) is 0.398. The molecule has 1 aliphatic heterocycles. The topological polar surface area (TPSA) is 18.5 Å². The monoisotopic (exact) mass is 494 g/mol. The standard InChI is InChI=1S/C23H28Br2O2/c1-14(2)16-6-8-20-18(12-16)22(24)23(25)19-13-17(15(3)4)7-9-21(19)27-11-5-10-26-20/h6-9,12-15,22-23H,5,10-11H2,1-4H3. The number of hydrogen-bond donors (Lipinski definition) is 0. The number of halogens is 2. The van der Waals surface area contributed by atoms with Crippen molar-refractivity contribution < 1.29 is 9.47 Å². The largest absolute Gasteiger partial charge is 0.493 e. The van der Waals surface area contributed by atoms with Crippen molar-refractivity contribution in [3.05, 3.63) is 58.7 Å². The zero-order chi connectivity index (χ0) is 19.6. The normalized spacial score (nSPS) is 20.3. The molecule has 1 heterocycles. The van der Waals surface area contributed by atoms with E-state index in [2.05, 4.69) is 96.0 Å². The summed E-state index contributed by atoms with van der Waals surface area (Å²) in [6, 6.07) is 13.1. The van der Waals surface area contributed by atoms with Crippen LogP contribution in [0.3, 0.4) is 0 Å². The van der Waals surface area contributed by atoms with E-state index in [4.69, 9.17) is 9.47 Å². The van der Waals surface area contributed by atoms with Gasteiger partial charge in [0.15, 0.2) is 0 Å². The predicted octanol–water partition coefficient (Wildman–Crippen LogP) is 7.67. The Hall–Kier alpha value is -1.00. The Kier molecular flexibility index (Phi) is 6.91. The Bertz CT molecular complexity index is 720. The maximum atomic E-state index is 6.10. The van der Waals surface area contributed by atoms with Crippen LogP contribution in [0.1, 0.15) is 77.9 Å². The minimum Gasteiger partial charge on any atom is -0.493 e. The summed E-state index contributed by atoms with van der Waals surface area (Å²) < 4.78 is 12.2. The minimum atomic E-state index is 0.0778. The van der Waals surface area contributed by atoms with Crippen molar-refractivity contribution in [2.75, 3.05) is 13.2 Å². The first-order chi connectivity index (χ1) is 12.9. The van der Waals surface area contributed by atoms with Gasteiger partial charge in [0, 0.05) is 17.5 Å². The van der Waals surface area contributed by atoms with Crippen molar-refractivity contribution >= 4 is 31.9 Å². The molecule has 2 aromatic carbocycles. The zero-order valence-electron chi connectivity index (χ0n) is 16.5. The van der Waals surface area contributed by atoms with E-state index in [0.717, 1.165) is 17.9 Å². The Labute approximate surface area is 179 Å². The van der Waals surface area contributed by atoms with Crippen LogP contribution in [0.2, 0.25) is 0 Å². The molecule has 0 saturated carbocycles. The highest BCUT2D eigenvalue weighted by Gasteiger charge is 2.27. The molecule has 3 rings (SSSR count). The first-order valence-electron chi connectivity index (χ1n) is 9.70. The van der Waals surface area contributed by atoms with Gasteiger partial charge in [0.25, 0.3) is 0 Å². The third-order valence-corrected chi connectivity index (χ3v) is 7.81. The predicted molar refractivity (Wildman–Crippen MR) is 120 cm³/mol. The minimum absolute atomic E-state index is 0.0778. The highest BCUT2D eigenvalue weighted by Crippen LogP contribution is 2.49. The number of hydrogen-bond acceptors (Lipinski definition) is 2.